The fraction of sp³-hybridized carbons (Fsp3) is 0.467. The van der Waals surface area contributed by atoms with E-state index in [1.54, 1.807) is 17.5 Å². The molecular formula is C15H19N3S. The molecule has 2 aromatic rings. The van der Waals surface area contributed by atoms with E-state index in [0.717, 1.165) is 29.2 Å². The van der Waals surface area contributed by atoms with Crippen LogP contribution in [0.3, 0.4) is 0 Å². The van der Waals surface area contributed by atoms with Crippen LogP contribution in [0.2, 0.25) is 0 Å². The number of nitrogens with zero attached hydrogens (tertiary/aromatic N) is 2. The first-order valence-electron chi connectivity index (χ1n) is 6.94. The Kier molecular flexibility index (Phi) is 3.62. The summed E-state index contributed by atoms with van der Waals surface area (Å²) in [6, 6.07) is 5.91. The Labute approximate surface area is 117 Å². The van der Waals surface area contributed by atoms with Crippen molar-refractivity contribution in [2.75, 3.05) is 0 Å². The summed E-state index contributed by atoms with van der Waals surface area (Å²) in [6.07, 6.45) is 8.96. The lowest BCUT2D eigenvalue weighted by Crippen LogP contribution is -2.35. The van der Waals surface area contributed by atoms with Gasteiger partial charge < -0.3 is 5.73 Å². The number of aromatic nitrogens is 2. The van der Waals surface area contributed by atoms with E-state index in [4.69, 9.17) is 10.7 Å². The van der Waals surface area contributed by atoms with E-state index in [1.807, 2.05) is 18.2 Å². The SMILES string of the molecule is NC1(c2nc(-c3ccccn3)cs2)CCCCCC1. The van der Waals surface area contributed by atoms with Crippen molar-refractivity contribution in [2.45, 2.75) is 44.1 Å². The number of pyridine rings is 1. The molecule has 2 aromatic heterocycles. The van der Waals surface area contributed by atoms with Crippen molar-refractivity contribution >= 4 is 11.3 Å². The monoisotopic (exact) mass is 273 g/mol. The minimum absolute atomic E-state index is 0.214. The van der Waals surface area contributed by atoms with E-state index in [0.29, 0.717) is 0 Å². The summed E-state index contributed by atoms with van der Waals surface area (Å²) in [7, 11) is 0. The Hall–Kier alpha value is -1.26. The summed E-state index contributed by atoms with van der Waals surface area (Å²) in [5, 5.41) is 3.16. The highest BCUT2D eigenvalue weighted by atomic mass is 32.1. The molecule has 0 aliphatic heterocycles. The van der Waals surface area contributed by atoms with Crippen LogP contribution < -0.4 is 5.73 Å². The number of hydrogen-bond acceptors (Lipinski definition) is 4. The highest BCUT2D eigenvalue weighted by molar-refractivity contribution is 7.10. The van der Waals surface area contributed by atoms with Gasteiger partial charge in [-0.15, -0.1) is 11.3 Å². The summed E-state index contributed by atoms with van der Waals surface area (Å²) in [5.74, 6) is 0. The maximum Gasteiger partial charge on any atom is 0.113 e. The molecule has 1 fully saturated rings. The lowest BCUT2D eigenvalue weighted by molar-refractivity contribution is 0.384. The highest BCUT2D eigenvalue weighted by Gasteiger charge is 2.31. The van der Waals surface area contributed by atoms with Crippen molar-refractivity contribution in [1.82, 2.24) is 9.97 Å². The smallest absolute Gasteiger partial charge is 0.113 e. The molecule has 19 heavy (non-hydrogen) atoms. The predicted molar refractivity (Wildman–Crippen MR) is 78.9 cm³/mol. The second-order valence-electron chi connectivity index (χ2n) is 5.32. The zero-order valence-corrected chi connectivity index (χ0v) is 11.8. The van der Waals surface area contributed by atoms with Gasteiger partial charge in [-0.3, -0.25) is 4.98 Å². The molecule has 0 amide bonds. The third-order valence-corrected chi connectivity index (χ3v) is 4.92. The second kappa shape index (κ2) is 5.39. The molecular weight excluding hydrogens is 254 g/mol. The van der Waals surface area contributed by atoms with E-state index in [2.05, 4.69) is 10.4 Å². The molecule has 2 N–H and O–H groups in total. The minimum Gasteiger partial charge on any atom is -0.319 e. The van der Waals surface area contributed by atoms with Crippen molar-refractivity contribution < 1.29 is 0 Å². The molecule has 100 valence electrons. The van der Waals surface area contributed by atoms with Gasteiger partial charge >= 0.3 is 0 Å². The summed E-state index contributed by atoms with van der Waals surface area (Å²) >= 11 is 1.68. The van der Waals surface area contributed by atoms with Gasteiger partial charge in [0.25, 0.3) is 0 Å². The van der Waals surface area contributed by atoms with E-state index < -0.39 is 0 Å². The fourth-order valence-corrected chi connectivity index (χ4v) is 3.69. The van der Waals surface area contributed by atoms with Crippen molar-refractivity contribution in [3.05, 3.63) is 34.8 Å². The quantitative estimate of drug-likeness (QED) is 0.849. The molecule has 0 unspecified atom stereocenters. The van der Waals surface area contributed by atoms with Crippen LogP contribution in [0, 0.1) is 0 Å². The van der Waals surface area contributed by atoms with Crippen LogP contribution in [0.1, 0.15) is 43.5 Å². The average molecular weight is 273 g/mol. The Morgan fingerprint density at radius 3 is 2.53 bits per heavy atom. The van der Waals surface area contributed by atoms with E-state index in [1.165, 1.54) is 25.7 Å². The molecule has 3 rings (SSSR count). The Bertz CT molecular complexity index is 527. The van der Waals surface area contributed by atoms with Crippen LogP contribution in [-0.2, 0) is 5.54 Å². The molecule has 0 bridgehead atoms. The van der Waals surface area contributed by atoms with Gasteiger partial charge in [0.15, 0.2) is 0 Å². The maximum atomic E-state index is 6.60. The molecule has 1 saturated carbocycles. The largest absolute Gasteiger partial charge is 0.319 e. The summed E-state index contributed by atoms with van der Waals surface area (Å²) < 4.78 is 0. The molecule has 0 atom stereocenters. The molecule has 0 saturated heterocycles. The Morgan fingerprint density at radius 2 is 1.84 bits per heavy atom. The van der Waals surface area contributed by atoms with E-state index in [9.17, 15) is 0 Å². The van der Waals surface area contributed by atoms with Crippen molar-refractivity contribution in [1.29, 1.82) is 0 Å². The summed E-state index contributed by atoms with van der Waals surface area (Å²) in [4.78, 5) is 9.10. The molecule has 1 aliphatic rings. The summed E-state index contributed by atoms with van der Waals surface area (Å²) in [6.45, 7) is 0. The number of nitrogens with two attached hydrogens (primary N) is 1. The van der Waals surface area contributed by atoms with Gasteiger partial charge in [0, 0.05) is 11.6 Å². The van der Waals surface area contributed by atoms with Gasteiger partial charge in [0.05, 0.1) is 16.9 Å². The van der Waals surface area contributed by atoms with Crippen molar-refractivity contribution in [3.8, 4) is 11.4 Å². The first kappa shape index (κ1) is 12.8. The number of rotatable bonds is 2. The van der Waals surface area contributed by atoms with Crippen molar-refractivity contribution in [2.24, 2.45) is 5.73 Å². The van der Waals surface area contributed by atoms with E-state index >= 15 is 0 Å². The summed E-state index contributed by atoms with van der Waals surface area (Å²) in [5.41, 5.74) is 8.27. The normalized spacial score (nSPS) is 19.0. The number of thiazole rings is 1. The molecule has 3 nitrogen and oxygen atoms in total. The minimum atomic E-state index is -0.214. The second-order valence-corrected chi connectivity index (χ2v) is 6.18. The Balaban J connectivity index is 1.88. The van der Waals surface area contributed by atoms with Gasteiger partial charge in [-0.05, 0) is 25.0 Å². The Morgan fingerprint density at radius 1 is 1.05 bits per heavy atom. The standard InChI is InChI=1S/C15H19N3S/c16-15(8-4-1-2-5-9-15)14-18-13(11-19-14)12-7-3-6-10-17-12/h3,6-7,10-11H,1-2,4-5,8-9,16H2. The van der Waals surface area contributed by atoms with Crippen LogP contribution in [0.25, 0.3) is 11.4 Å². The molecule has 0 spiro atoms. The zero-order chi connectivity index (χ0) is 13.1. The van der Waals surface area contributed by atoms with Crippen LogP contribution in [0.4, 0.5) is 0 Å². The van der Waals surface area contributed by atoms with E-state index in [-0.39, 0.29) is 5.54 Å². The molecule has 1 aliphatic carbocycles. The van der Waals surface area contributed by atoms with Gasteiger partial charge in [0.2, 0.25) is 0 Å². The van der Waals surface area contributed by atoms with Crippen LogP contribution >= 0.6 is 11.3 Å². The van der Waals surface area contributed by atoms with Crippen LogP contribution in [0.5, 0.6) is 0 Å². The molecule has 4 heteroatoms. The topological polar surface area (TPSA) is 51.8 Å². The first-order chi connectivity index (χ1) is 9.28. The molecule has 2 heterocycles. The highest BCUT2D eigenvalue weighted by Crippen LogP contribution is 2.36. The number of hydrogen-bond donors (Lipinski definition) is 1. The lowest BCUT2D eigenvalue weighted by Gasteiger charge is -2.25. The van der Waals surface area contributed by atoms with Crippen LogP contribution in [0.15, 0.2) is 29.8 Å². The maximum absolute atomic E-state index is 6.60. The molecule has 0 aromatic carbocycles. The van der Waals surface area contributed by atoms with Gasteiger partial charge in [-0.25, -0.2) is 4.98 Å². The van der Waals surface area contributed by atoms with Gasteiger partial charge in [0.1, 0.15) is 5.01 Å². The third kappa shape index (κ3) is 2.69. The zero-order valence-electron chi connectivity index (χ0n) is 11.0. The van der Waals surface area contributed by atoms with Crippen molar-refractivity contribution in [3.63, 3.8) is 0 Å². The third-order valence-electron chi connectivity index (χ3n) is 3.85. The fourth-order valence-electron chi connectivity index (χ4n) is 2.71. The lowest BCUT2D eigenvalue weighted by atomic mass is 9.92. The first-order valence-corrected chi connectivity index (χ1v) is 7.82. The van der Waals surface area contributed by atoms with Gasteiger partial charge in [-0.1, -0.05) is 31.7 Å². The molecule has 0 radical (unpaired) electrons. The predicted octanol–water partition coefficient (Wildman–Crippen LogP) is 3.71. The van der Waals surface area contributed by atoms with Gasteiger partial charge in [-0.2, -0.15) is 0 Å². The van der Waals surface area contributed by atoms with Crippen LogP contribution in [-0.4, -0.2) is 9.97 Å². The average Bonchev–Trinajstić information content (AvgIpc) is 2.85.